The molecule has 0 aliphatic rings. The van der Waals surface area contributed by atoms with Gasteiger partial charge in [0, 0.05) is 18.4 Å². The Hall–Kier alpha value is -2.18. The molecule has 0 fully saturated rings. The molecule has 25 heavy (non-hydrogen) atoms. The molecular weight excluding hydrogens is 365 g/mol. The van der Waals surface area contributed by atoms with Crippen molar-refractivity contribution < 1.29 is 14.3 Å². The molecule has 1 aromatic carbocycles. The third-order valence-corrected chi connectivity index (χ3v) is 4.11. The summed E-state index contributed by atoms with van der Waals surface area (Å²) in [5, 5.41) is 5.94. The van der Waals surface area contributed by atoms with Crippen LogP contribution in [0, 0.1) is 5.92 Å². The lowest BCUT2D eigenvalue weighted by molar-refractivity contribution is 0.101. The molecule has 2 rings (SSSR count). The molecule has 0 saturated carbocycles. The third kappa shape index (κ3) is 5.14. The minimum atomic E-state index is -0.543. The molecule has 0 unspecified atom stereocenters. The van der Waals surface area contributed by atoms with E-state index in [1.165, 1.54) is 10.6 Å². The number of halogens is 2. The number of hydrogen-bond acceptors (Lipinski definition) is 3. The van der Waals surface area contributed by atoms with Crippen LogP contribution in [0.3, 0.4) is 0 Å². The zero-order chi connectivity index (χ0) is 18.6. The summed E-state index contributed by atoms with van der Waals surface area (Å²) in [5.41, 5.74) is 1.35. The summed E-state index contributed by atoms with van der Waals surface area (Å²) in [6.07, 6.45) is -0.543. The van der Waals surface area contributed by atoms with Crippen molar-refractivity contribution in [2.24, 2.45) is 13.0 Å². The van der Waals surface area contributed by atoms with Gasteiger partial charge in [0.25, 0.3) is 5.91 Å². The summed E-state index contributed by atoms with van der Waals surface area (Å²) in [7, 11) is 1.64. The second-order valence-electron chi connectivity index (χ2n) is 5.88. The van der Waals surface area contributed by atoms with Crippen molar-refractivity contribution in [1.82, 2.24) is 4.57 Å². The summed E-state index contributed by atoms with van der Waals surface area (Å²) in [6.45, 7) is 4.23. The number of rotatable bonds is 5. The minimum Gasteiger partial charge on any atom is -0.449 e. The van der Waals surface area contributed by atoms with Crippen LogP contribution in [0.15, 0.2) is 30.3 Å². The van der Waals surface area contributed by atoms with E-state index in [1.807, 2.05) is 13.8 Å². The molecule has 134 valence electrons. The minimum absolute atomic E-state index is 0.250. The SMILES string of the molecule is CC(C)COC(=O)Nc1cccc(NC(=O)c2cc(Cl)c(Cl)n2C)c1. The van der Waals surface area contributed by atoms with Crippen molar-refractivity contribution in [2.45, 2.75) is 13.8 Å². The number of carbonyl (C=O) groups is 2. The molecule has 8 heteroatoms. The number of amides is 2. The number of nitrogens with one attached hydrogen (secondary N) is 2. The molecule has 6 nitrogen and oxygen atoms in total. The Balaban J connectivity index is 2.04. The standard InChI is InChI=1S/C17H19Cl2N3O3/c1-10(2)9-25-17(24)21-12-6-4-5-11(7-12)20-16(23)14-8-13(18)15(19)22(14)3/h4-8,10H,9H2,1-3H3,(H,20,23)(H,21,24). The van der Waals surface area contributed by atoms with Gasteiger partial charge in [0.05, 0.1) is 11.6 Å². The van der Waals surface area contributed by atoms with E-state index in [4.69, 9.17) is 27.9 Å². The Morgan fingerprint density at radius 1 is 1.16 bits per heavy atom. The highest BCUT2D eigenvalue weighted by Gasteiger charge is 2.16. The van der Waals surface area contributed by atoms with E-state index in [0.717, 1.165) is 0 Å². The van der Waals surface area contributed by atoms with Gasteiger partial charge in [-0.2, -0.15) is 0 Å². The van der Waals surface area contributed by atoms with Crippen LogP contribution in [0.5, 0.6) is 0 Å². The molecule has 0 radical (unpaired) electrons. The maximum Gasteiger partial charge on any atom is 0.411 e. The summed E-state index contributed by atoms with van der Waals surface area (Å²) < 4.78 is 6.55. The van der Waals surface area contributed by atoms with Gasteiger partial charge in [0.2, 0.25) is 0 Å². The molecule has 0 aliphatic heterocycles. The predicted molar refractivity (Wildman–Crippen MR) is 99.6 cm³/mol. The average molecular weight is 384 g/mol. The molecule has 2 amide bonds. The lowest BCUT2D eigenvalue weighted by Crippen LogP contribution is -2.17. The van der Waals surface area contributed by atoms with Gasteiger partial charge in [-0.1, -0.05) is 43.1 Å². The second-order valence-corrected chi connectivity index (χ2v) is 6.64. The highest BCUT2D eigenvalue weighted by molar-refractivity contribution is 6.42. The predicted octanol–water partition coefficient (Wildman–Crippen LogP) is 4.79. The number of hydrogen-bond donors (Lipinski definition) is 2. The molecule has 0 atom stereocenters. The zero-order valence-electron chi connectivity index (χ0n) is 14.1. The Morgan fingerprint density at radius 3 is 2.36 bits per heavy atom. The lowest BCUT2D eigenvalue weighted by atomic mass is 10.2. The van der Waals surface area contributed by atoms with Gasteiger partial charge in [-0.3, -0.25) is 10.1 Å². The maximum atomic E-state index is 12.4. The number of nitrogens with zero attached hydrogens (tertiary/aromatic N) is 1. The summed E-state index contributed by atoms with van der Waals surface area (Å²) in [6, 6.07) is 8.22. The number of aromatic nitrogens is 1. The molecule has 2 N–H and O–H groups in total. The zero-order valence-corrected chi connectivity index (χ0v) is 15.6. The van der Waals surface area contributed by atoms with Crippen LogP contribution in [0.2, 0.25) is 10.2 Å². The molecule has 1 heterocycles. The van der Waals surface area contributed by atoms with Gasteiger partial charge in [-0.15, -0.1) is 0 Å². The Labute approximate surface area is 156 Å². The van der Waals surface area contributed by atoms with E-state index in [9.17, 15) is 9.59 Å². The normalized spacial score (nSPS) is 10.6. The first-order valence-electron chi connectivity index (χ1n) is 7.64. The van der Waals surface area contributed by atoms with Crippen LogP contribution in [0.1, 0.15) is 24.3 Å². The Bertz CT molecular complexity index is 787. The van der Waals surface area contributed by atoms with Gasteiger partial charge in [0.1, 0.15) is 10.8 Å². The third-order valence-electron chi connectivity index (χ3n) is 3.26. The van der Waals surface area contributed by atoms with Crippen LogP contribution >= 0.6 is 23.2 Å². The first-order chi connectivity index (χ1) is 11.8. The summed E-state index contributed by atoms with van der Waals surface area (Å²) in [4.78, 5) is 24.1. The van der Waals surface area contributed by atoms with Crippen LogP contribution in [-0.4, -0.2) is 23.2 Å². The van der Waals surface area contributed by atoms with Gasteiger partial charge in [0.15, 0.2) is 0 Å². The first kappa shape index (κ1) is 19.1. The second kappa shape index (κ2) is 8.27. The molecule has 0 aliphatic carbocycles. The van der Waals surface area contributed by atoms with Crippen molar-refractivity contribution in [3.63, 3.8) is 0 Å². The van der Waals surface area contributed by atoms with Crippen LogP contribution in [0.4, 0.5) is 16.2 Å². The monoisotopic (exact) mass is 383 g/mol. The van der Waals surface area contributed by atoms with E-state index in [-0.39, 0.29) is 17.0 Å². The largest absolute Gasteiger partial charge is 0.449 e. The van der Waals surface area contributed by atoms with E-state index >= 15 is 0 Å². The number of ether oxygens (including phenoxy) is 1. The van der Waals surface area contributed by atoms with Crippen molar-refractivity contribution in [3.05, 3.63) is 46.2 Å². The number of anilines is 2. The van der Waals surface area contributed by atoms with Gasteiger partial charge >= 0.3 is 6.09 Å². The van der Waals surface area contributed by atoms with Crippen molar-refractivity contribution in [3.8, 4) is 0 Å². The van der Waals surface area contributed by atoms with Crippen molar-refractivity contribution in [2.75, 3.05) is 17.2 Å². The van der Waals surface area contributed by atoms with E-state index in [0.29, 0.717) is 28.7 Å². The fourth-order valence-electron chi connectivity index (χ4n) is 2.03. The molecule has 1 aromatic heterocycles. The average Bonchev–Trinajstić information content (AvgIpc) is 2.81. The maximum absolute atomic E-state index is 12.4. The van der Waals surface area contributed by atoms with E-state index in [2.05, 4.69) is 10.6 Å². The topological polar surface area (TPSA) is 72.4 Å². The van der Waals surface area contributed by atoms with Crippen molar-refractivity contribution >= 4 is 46.6 Å². The fourth-order valence-corrected chi connectivity index (χ4v) is 2.40. The van der Waals surface area contributed by atoms with Gasteiger partial charge in [-0.25, -0.2) is 4.79 Å². The van der Waals surface area contributed by atoms with Crippen molar-refractivity contribution in [1.29, 1.82) is 0 Å². The quantitative estimate of drug-likeness (QED) is 0.779. The first-order valence-corrected chi connectivity index (χ1v) is 8.39. The van der Waals surface area contributed by atoms with Crippen LogP contribution in [-0.2, 0) is 11.8 Å². The summed E-state index contributed by atoms with van der Waals surface area (Å²) in [5.74, 6) is -0.115. The number of benzene rings is 1. The number of carbonyl (C=O) groups excluding carboxylic acids is 2. The van der Waals surface area contributed by atoms with E-state index in [1.54, 1.807) is 31.3 Å². The van der Waals surface area contributed by atoms with Gasteiger partial charge in [-0.05, 0) is 30.2 Å². The molecule has 2 aromatic rings. The van der Waals surface area contributed by atoms with E-state index < -0.39 is 6.09 Å². The van der Waals surface area contributed by atoms with Crippen LogP contribution < -0.4 is 10.6 Å². The lowest BCUT2D eigenvalue weighted by Gasteiger charge is -2.11. The smallest absolute Gasteiger partial charge is 0.411 e. The summed E-state index contributed by atoms with van der Waals surface area (Å²) >= 11 is 11.9. The van der Waals surface area contributed by atoms with Gasteiger partial charge < -0.3 is 14.6 Å². The molecular formula is C17H19Cl2N3O3. The Kier molecular flexibility index (Phi) is 6.33. The molecule has 0 saturated heterocycles. The Morgan fingerprint density at radius 2 is 1.80 bits per heavy atom. The van der Waals surface area contributed by atoms with Crippen LogP contribution in [0.25, 0.3) is 0 Å². The highest BCUT2D eigenvalue weighted by atomic mass is 35.5. The molecule has 0 bridgehead atoms. The fraction of sp³-hybridized carbons (Fsp3) is 0.294. The highest BCUT2D eigenvalue weighted by Crippen LogP contribution is 2.26. The molecule has 0 spiro atoms.